The summed E-state index contributed by atoms with van der Waals surface area (Å²) < 4.78 is 0. The number of carbonyl (C=O) groups excluding carboxylic acids is 3. The molecule has 3 aromatic carbocycles. The molecular weight excluding hydrogens is 412 g/mol. The minimum atomic E-state index is -0.942. The van der Waals surface area contributed by atoms with Gasteiger partial charge >= 0.3 is 0 Å². The molecule has 0 unspecified atom stereocenters. The van der Waals surface area contributed by atoms with Crippen LogP contribution in [0.3, 0.4) is 0 Å². The van der Waals surface area contributed by atoms with Crippen LogP contribution in [0.2, 0.25) is 0 Å². The molecule has 5 nitrogen and oxygen atoms in total. The molecule has 0 spiro atoms. The Hall–Kier alpha value is -3.73. The van der Waals surface area contributed by atoms with Gasteiger partial charge in [-0.25, -0.2) is 0 Å². The number of rotatable bonds is 6. The fourth-order valence-corrected chi connectivity index (χ4v) is 4.21. The highest BCUT2D eigenvalue weighted by Crippen LogP contribution is 2.29. The number of imide groups is 1. The summed E-state index contributed by atoms with van der Waals surface area (Å²) in [5.74, 6) is -1.08. The van der Waals surface area contributed by atoms with E-state index in [9.17, 15) is 14.4 Å². The molecule has 1 aliphatic heterocycles. The number of nitrogens with zero attached hydrogens (tertiary/aromatic N) is 2. The lowest BCUT2D eigenvalue weighted by Crippen LogP contribution is -2.56. The second-order valence-electron chi connectivity index (χ2n) is 9.31. The van der Waals surface area contributed by atoms with E-state index in [1.807, 2.05) is 81.4 Å². The van der Waals surface area contributed by atoms with Crippen molar-refractivity contribution in [3.63, 3.8) is 0 Å². The Balaban J connectivity index is 1.74. The molecule has 1 aliphatic rings. The van der Waals surface area contributed by atoms with Crippen molar-refractivity contribution in [1.82, 2.24) is 9.80 Å². The molecule has 1 atom stereocenters. The normalized spacial score (nSPS) is 14.2. The van der Waals surface area contributed by atoms with E-state index in [-0.39, 0.29) is 12.3 Å². The quantitative estimate of drug-likeness (QED) is 0.521. The van der Waals surface area contributed by atoms with Crippen LogP contribution in [0.4, 0.5) is 0 Å². The maximum absolute atomic E-state index is 14.1. The number of benzene rings is 3. The molecule has 1 heterocycles. The van der Waals surface area contributed by atoms with Crippen LogP contribution in [-0.2, 0) is 17.8 Å². The van der Waals surface area contributed by atoms with Crippen LogP contribution in [-0.4, -0.2) is 39.1 Å². The largest absolute Gasteiger partial charge is 0.332 e. The maximum Gasteiger partial charge on any atom is 0.262 e. The number of hydrogen-bond donors (Lipinski definition) is 0. The van der Waals surface area contributed by atoms with Gasteiger partial charge in [-0.05, 0) is 44.0 Å². The van der Waals surface area contributed by atoms with Crippen molar-refractivity contribution in [2.24, 2.45) is 0 Å². The molecule has 0 saturated carbocycles. The average molecular weight is 441 g/mol. The third-order valence-electron chi connectivity index (χ3n) is 5.95. The minimum absolute atomic E-state index is 0.246. The zero-order valence-corrected chi connectivity index (χ0v) is 19.2. The van der Waals surface area contributed by atoms with Crippen molar-refractivity contribution in [1.29, 1.82) is 0 Å². The van der Waals surface area contributed by atoms with Crippen molar-refractivity contribution in [2.45, 2.75) is 45.3 Å². The third kappa shape index (κ3) is 4.58. The zero-order chi connectivity index (χ0) is 23.6. The lowest BCUT2D eigenvalue weighted by Gasteiger charge is -2.40. The van der Waals surface area contributed by atoms with Gasteiger partial charge in [-0.2, -0.15) is 0 Å². The molecule has 0 aliphatic carbocycles. The number of hydrogen-bond acceptors (Lipinski definition) is 3. The van der Waals surface area contributed by atoms with Crippen molar-refractivity contribution >= 4 is 17.7 Å². The molecule has 5 heteroatoms. The first-order valence-corrected chi connectivity index (χ1v) is 11.1. The Morgan fingerprint density at radius 3 is 1.70 bits per heavy atom. The first-order chi connectivity index (χ1) is 15.8. The van der Waals surface area contributed by atoms with Crippen LogP contribution in [0.5, 0.6) is 0 Å². The van der Waals surface area contributed by atoms with Crippen LogP contribution < -0.4 is 0 Å². The summed E-state index contributed by atoms with van der Waals surface area (Å²) in [5.41, 5.74) is 2.06. The van der Waals surface area contributed by atoms with E-state index >= 15 is 0 Å². The van der Waals surface area contributed by atoms with Gasteiger partial charge in [0.25, 0.3) is 11.8 Å². The third-order valence-corrected chi connectivity index (χ3v) is 5.95. The summed E-state index contributed by atoms with van der Waals surface area (Å²) in [5, 5.41) is 0. The average Bonchev–Trinajstić information content (AvgIpc) is 3.06. The first kappa shape index (κ1) is 22.5. The standard InChI is InChI=1S/C28H28N2O3/c1-28(2,3)29(19-21-14-8-5-9-15-21)27(33)24(18-20-12-6-4-7-13-20)30-25(31)22-16-10-11-17-23(22)26(30)32/h4-17,24H,18-19H2,1-3H3/t24-/m0/s1. The van der Waals surface area contributed by atoms with Crippen LogP contribution in [0.1, 0.15) is 52.6 Å². The van der Waals surface area contributed by atoms with Gasteiger partial charge in [0.15, 0.2) is 0 Å². The Labute approximate surface area is 194 Å². The fourth-order valence-electron chi connectivity index (χ4n) is 4.21. The number of fused-ring (bicyclic) bond motifs is 1. The lowest BCUT2D eigenvalue weighted by atomic mass is 9.98. The van der Waals surface area contributed by atoms with Crippen molar-refractivity contribution in [2.75, 3.05) is 0 Å². The lowest BCUT2D eigenvalue weighted by molar-refractivity contribution is -0.141. The van der Waals surface area contributed by atoms with Crippen LogP contribution >= 0.6 is 0 Å². The Morgan fingerprint density at radius 2 is 1.21 bits per heavy atom. The Kier molecular flexibility index (Phi) is 6.14. The molecular formula is C28H28N2O3. The smallest absolute Gasteiger partial charge is 0.262 e. The SMILES string of the molecule is CC(C)(C)N(Cc1ccccc1)C(=O)[C@H](Cc1ccccc1)N1C(=O)c2ccccc2C1=O. The highest BCUT2D eigenvalue weighted by molar-refractivity contribution is 6.22. The molecule has 33 heavy (non-hydrogen) atoms. The van der Waals surface area contributed by atoms with Crippen LogP contribution in [0.25, 0.3) is 0 Å². The fraction of sp³-hybridized carbons (Fsp3) is 0.250. The van der Waals surface area contributed by atoms with Crippen LogP contribution in [0.15, 0.2) is 84.9 Å². The molecule has 168 valence electrons. The molecule has 4 rings (SSSR count). The van der Waals surface area contributed by atoms with E-state index in [0.29, 0.717) is 17.7 Å². The van der Waals surface area contributed by atoms with Gasteiger partial charge in [0.1, 0.15) is 6.04 Å². The van der Waals surface area contributed by atoms with E-state index in [1.54, 1.807) is 29.2 Å². The van der Waals surface area contributed by atoms with E-state index in [0.717, 1.165) is 16.0 Å². The molecule has 0 aromatic heterocycles. The summed E-state index contributed by atoms with van der Waals surface area (Å²) >= 11 is 0. The summed E-state index contributed by atoms with van der Waals surface area (Å²) in [4.78, 5) is 43.6. The van der Waals surface area contributed by atoms with Crippen LogP contribution in [0, 0.1) is 0 Å². The van der Waals surface area contributed by atoms with Crippen molar-refractivity contribution < 1.29 is 14.4 Å². The summed E-state index contributed by atoms with van der Waals surface area (Å²) in [6, 6.07) is 25.1. The monoisotopic (exact) mass is 440 g/mol. The van der Waals surface area contributed by atoms with Gasteiger partial charge < -0.3 is 4.90 Å². The molecule has 0 fully saturated rings. The minimum Gasteiger partial charge on any atom is -0.332 e. The summed E-state index contributed by atoms with van der Waals surface area (Å²) in [6.45, 7) is 6.29. The second kappa shape index (κ2) is 9.02. The molecule has 3 amide bonds. The maximum atomic E-state index is 14.1. The number of amides is 3. The van der Waals surface area contributed by atoms with E-state index in [1.165, 1.54) is 0 Å². The van der Waals surface area contributed by atoms with Gasteiger partial charge in [0.2, 0.25) is 5.91 Å². The Morgan fingerprint density at radius 1 is 0.758 bits per heavy atom. The van der Waals surface area contributed by atoms with Gasteiger partial charge in [-0.1, -0.05) is 72.8 Å². The van der Waals surface area contributed by atoms with E-state index in [2.05, 4.69) is 0 Å². The van der Waals surface area contributed by atoms with Gasteiger partial charge in [0, 0.05) is 18.5 Å². The van der Waals surface area contributed by atoms with Gasteiger partial charge in [0.05, 0.1) is 11.1 Å². The van der Waals surface area contributed by atoms with E-state index in [4.69, 9.17) is 0 Å². The Bertz CT molecular complexity index is 1130. The van der Waals surface area contributed by atoms with Crippen molar-refractivity contribution in [3.8, 4) is 0 Å². The molecule has 3 aromatic rings. The molecule has 0 N–H and O–H groups in total. The summed E-state index contributed by atoms with van der Waals surface area (Å²) in [6.07, 6.45) is 0.256. The first-order valence-electron chi connectivity index (χ1n) is 11.1. The summed E-state index contributed by atoms with van der Waals surface area (Å²) in [7, 11) is 0. The highest BCUT2D eigenvalue weighted by atomic mass is 16.2. The predicted molar refractivity (Wildman–Crippen MR) is 128 cm³/mol. The number of carbonyl (C=O) groups is 3. The predicted octanol–water partition coefficient (Wildman–Crippen LogP) is 4.72. The van der Waals surface area contributed by atoms with Crippen molar-refractivity contribution in [3.05, 3.63) is 107 Å². The topological polar surface area (TPSA) is 57.7 Å². The second-order valence-corrected chi connectivity index (χ2v) is 9.31. The molecule has 0 bridgehead atoms. The highest BCUT2D eigenvalue weighted by Gasteiger charge is 2.45. The molecule has 0 saturated heterocycles. The molecule has 0 radical (unpaired) electrons. The van der Waals surface area contributed by atoms with E-state index < -0.39 is 23.4 Å². The van der Waals surface area contributed by atoms with Gasteiger partial charge in [-0.3, -0.25) is 19.3 Å². The van der Waals surface area contributed by atoms with Gasteiger partial charge in [-0.15, -0.1) is 0 Å². The zero-order valence-electron chi connectivity index (χ0n) is 19.2.